The quantitative estimate of drug-likeness (QED) is 0.748. The van der Waals surface area contributed by atoms with Crippen LogP contribution in [-0.2, 0) is 6.54 Å². The van der Waals surface area contributed by atoms with Crippen LogP contribution in [0.15, 0.2) is 18.2 Å². The maximum absolute atomic E-state index is 13.4. The summed E-state index contributed by atoms with van der Waals surface area (Å²) in [5.41, 5.74) is 0.989. The highest BCUT2D eigenvalue weighted by Gasteiger charge is 2.02. The van der Waals surface area contributed by atoms with Crippen molar-refractivity contribution in [2.45, 2.75) is 32.7 Å². The third-order valence-electron chi connectivity index (χ3n) is 2.45. The maximum atomic E-state index is 13.4. The van der Waals surface area contributed by atoms with Crippen molar-refractivity contribution < 1.29 is 4.39 Å². The molecule has 0 spiro atoms. The Kier molecular flexibility index (Phi) is 5.52. The molecule has 0 heterocycles. The van der Waals surface area contributed by atoms with E-state index in [0.717, 1.165) is 13.0 Å². The number of hydrogen-bond acceptors (Lipinski definition) is 2. The summed E-state index contributed by atoms with van der Waals surface area (Å²) in [6.45, 7) is 3.59. The molecule has 86 valence electrons. The molecular weight excluding hydrogens is 203 g/mol. The van der Waals surface area contributed by atoms with Gasteiger partial charge in [-0.25, -0.2) is 4.39 Å². The molecule has 0 aliphatic heterocycles. The zero-order chi connectivity index (χ0) is 11.8. The summed E-state index contributed by atoms with van der Waals surface area (Å²) < 4.78 is 13.4. The van der Waals surface area contributed by atoms with Gasteiger partial charge < -0.3 is 5.32 Å². The molecule has 0 aliphatic carbocycles. The smallest absolute Gasteiger partial charge is 0.129 e. The average molecular weight is 220 g/mol. The van der Waals surface area contributed by atoms with Crippen molar-refractivity contribution in [1.82, 2.24) is 5.32 Å². The summed E-state index contributed by atoms with van der Waals surface area (Å²) in [4.78, 5) is 0. The Bertz CT molecular complexity index is 369. The number of rotatable bonds is 6. The van der Waals surface area contributed by atoms with Gasteiger partial charge in [-0.05, 0) is 25.1 Å². The second-order valence-electron chi connectivity index (χ2n) is 3.80. The standard InChI is InChI=1S/C13H17FN2/c1-2-3-4-7-16-10-12-6-5-11(9-15)8-13(12)14/h5-6,8,16H,2-4,7,10H2,1H3. The Labute approximate surface area is 96.1 Å². The molecule has 16 heavy (non-hydrogen) atoms. The predicted octanol–water partition coefficient (Wildman–Crippen LogP) is 2.98. The van der Waals surface area contributed by atoms with E-state index < -0.39 is 0 Å². The van der Waals surface area contributed by atoms with Gasteiger partial charge in [-0.2, -0.15) is 5.26 Å². The van der Waals surface area contributed by atoms with E-state index in [0.29, 0.717) is 17.7 Å². The van der Waals surface area contributed by atoms with Crippen LogP contribution >= 0.6 is 0 Å². The van der Waals surface area contributed by atoms with Crippen LogP contribution in [0.4, 0.5) is 4.39 Å². The lowest BCUT2D eigenvalue weighted by Gasteiger charge is -2.05. The van der Waals surface area contributed by atoms with Crippen molar-refractivity contribution in [3.05, 3.63) is 35.1 Å². The van der Waals surface area contributed by atoms with E-state index in [1.807, 2.05) is 6.07 Å². The average Bonchev–Trinajstić information content (AvgIpc) is 2.30. The summed E-state index contributed by atoms with van der Waals surface area (Å²) in [6.07, 6.45) is 3.50. The van der Waals surface area contributed by atoms with Gasteiger partial charge >= 0.3 is 0 Å². The third kappa shape index (κ3) is 4.00. The molecule has 1 aromatic rings. The molecule has 3 heteroatoms. The van der Waals surface area contributed by atoms with Gasteiger partial charge in [-0.1, -0.05) is 25.8 Å². The summed E-state index contributed by atoms with van der Waals surface area (Å²) in [5, 5.41) is 11.8. The van der Waals surface area contributed by atoms with Gasteiger partial charge in [-0.3, -0.25) is 0 Å². The topological polar surface area (TPSA) is 35.8 Å². The lowest BCUT2D eigenvalue weighted by Crippen LogP contribution is -2.15. The summed E-state index contributed by atoms with van der Waals surface area (Å²) in [6, 6.07) is 6.51. The minimum Gasteiger partial charge on any atom is -0.313 e. The molecule has 0 bridgehead atoms. The lowest BCUT2D eigenvalue weighted by molar-refractivity contribution is 0.573. The maximum Gasteiger partial charge on any atom is 0.129 e. The SMILES string of the molecule is CCCCCNCc1ccc(C#N)cc1F. The Hall–Kier alpha value is -1.40. The second kappa shape index (κ2) is 6.97. The minimum absolute atomic E-state index is 0.304. The molecule has 0 aromatic heterocycles. The zero-order valence-electron chi connectivity index (χ0n) is 9.59. The van der Waals surface area contributed by atoms with Gasteiger partial charge in [-0.15, -0.1) is 0 Å². The molecule has 0 saturated carbocycles. The van der Waals surface area contributed by atoms with Crippen LogP contribution in [-0.4, -0.2) is 6.54 Å². The van der Waals surface area contributed by atoms with Crippen LogP contribution in [0.3, 0.4) is 0 Å². The Morgan fingerprint density at radius 1 is 1.38 bits per heavy atom. The molecule has 1 rings (SSSR count). The van der Waals surface area contributed by atoms with Gasteiger partial charge in [0.2, 0.25) is 0 Å². The number of nitriles is 1. The number of nitrogens with one attached hydrogen (secondary N) is 1. The van der Waals surface area contributed by atoms with E-state index in [4.69, 9.17) is 5.26 Å². The second-order valence-corrected chi connectivity index (χ2v) is 3.80. The number of halogens is 1. The van der Waals surface area contributed by atoms with Crippen LogP contribution in [0.25, 0.3) is 0 Å². The third-order valence-corrected chi connectivity index (χ3v) is 2.45. The number of benzene rings is 1. The first kappa shape index (κ1) is 12.7. The highest BCUT2D eigenvalue weighted by Crippen LogP contribution is 2.09. The first-order valence-corrected chi connectivity index (χ1v) is 5.67. The summed E-state index contributed by atoms with van der Waals surface area (Å²) in [5.74, 6) is -0.304. The highest BCUT2D eigenvalue weighted by atomic mass is 19.1. The zero-order valence-corrected chi connectivity index (χ0v) is 9.59. The van der Waals surface area contributed by atoms with E-state index in [1.54, 1.807) is 12.1 Å². The Morgan fingerprint density at radius 2 is 2.19 bits per heavy atom. The van der Waals surface area contributed by atoms with Gasteiger partial charge in [0.15, 0.2) is 0 Å². The van der Waals surface area contributed by atoms with Crippen molar-refractivity contribution in [2.24, 2.45) is 0 Å². The molecule has 0 aliphatic rings. The van der Waals surface area contributed by atoms with Crippen molar-refractivity contribution in [2.75, 3.05) is 6.54 Å². The molecule has 0 amide bonds. The molecular formula is C13H17FN2. The fourth-order valence-electron chi connectivity index (χ4n) is 1.48. The molecule has 1 aromatic carbocycles. The number of nitrogens with zero attached hydrogens (tertiary/aromatic N) is 1. The monoisotopic (exact) mass is 220 g/mol. The van der Waals surface area contributed by atoms with Crippen molar-refractivity contribution >= 4 is 0 Å². The van der Waals surface area contributed by atoms with Crippen LogP contribution in [0.1, 0.15) is 37.3 Å². The van der Waals surface area contributed by atoms with Gasteiger partial charge in [0.25, 0.3) is 0 Å². The van der Waals surface area contributed by atoms with Crippen LogP contribution in [0, 0.1) is 17.1 Å². The van der Waals surface area contributed by atoms with Crippen molar-refractivity contribution in [1.29, 1.82) is 5.26 Å². The Balaban J connectivity index is 2.40. The number of hydrogen-bond donors (Lipinski definition) is 1. The Morgan fingerprint density at radius 3 is 2.81 bits per heavy atom. The molecule has 1 N–H and O–H groups in total. The molecule has 0 fully saturated rings. The predicted molar refractivity (Wildman–Crippen MR) is 62.3 cm³/mol. The molecule has 0 radical (unpaired) electrons. The van der Waals surface area contributed by atoms with Gasteiger partial charge in [0, 0.05) is 12.1 Å². The van der Waals surface area contributed by atoms with E-state index in [9.17, 15) is 4.39 Å². The van der Waals surface area contributed by atoms with E-state index in [1.165, 1.54) is 18.9 Å². The van der Waals surface area contributed by atoms with E-state index in [2.05, 4.69) is 12.2 Å². The summed E-state index contributed by atoms with van der Waals surface area (Å²) in [7, 11) is 0. The molecule has 0 saturated heterocycles. The van der Waals surface area contributed by atoms with Crippen LogP contribution < -0.4 is 5.32 Å². The molecule has 0 atom stereocenters. The van der Waals surface area contributed by atoms with E-state index >= 15 is 0 Å². The highest BCUT2D eigenvalue weighted by molar-refractivity contribution is 5.32. The fourth-order valence-corrected chi connectivity index (χ4v) is 1.48. The number of unbranched alkanes of at least 4 members (excludes halogenated alkanes) is 2. The summed E-state index contributed by atoms with van der Waals surface area (Å²) >= 11 is 0. The molecule has 0 unspecified atom stereocenters. The van der Waals surface area contributed by atoms with Crippen molar-refractivity contribution in [3.63, 3.8) is 0 Å². The van der Waals surface area contributed by atoms with Gasteiger partial charge in [0.05, 0.1) is 11.6 Å². The van der Waals surface area contributed by atoms with Crippen LogP contribution in [0.2, 0.25) is 0 Å². The molecule has 2 nitrogen and oxygen atoms in total. The normalized spacial score (nSPS) is 10.1. The van der Waals surface area contributed by atoms with Crippen LogP contribution in [0.5, 0.6) is 0 Å². The first-order valence-electron chi connectivity index (χ1n) is 5.67. The van der Waals surface area contributed by atoms with Crippen molar-refractivity contribution in [3.8, 4) is 6.07 Å². The lowest BCUT2D eigenvalue weighted by atomic mass is 10.1. The fraction of sp³-hybridized carbons (Fsp3) is 0.462. The van der Waals surface area contributed by atoms with Gasteiger partial charge in [0.1, 0.15) is 5.82 Å². The van der Waals surface area contributed by atoms with E-state index in [-0.39, 0.29) is 5.82 Å². The largest absolute Gasteiger partial charge is 0.313 e. The first-order chi connectivity index (χ1) is 7.77. The minimum atomic E-state index is -0.304.